The Morgan fingerprint density at radius 2 is 1.81 bits per heavy atom. The van der Waals surface area contributed by atoms with Gasteiger partial charge >= 0.3 is 0 Å². The molecule has 1 N–H and O–H groups in total. The third kappa shape index (κ3) is 3.38. The summed E-state index contributed by atoms with van der Waals surface area (Å²) in [5.74, 6) is -0.293. The van der Waals surface area contributed by atoms with Gasteiger partial charge in [0.25, 0.3) is 0 Å². The lowest BCUT2D eigenvalue weighted by Gasteiger charge is -2.17. The van der Waals surface area contributed by atoms with Crippen LogP contribution in [0.4, 0.5) is 4.39 Å². The van der Waals surface area contributed by atoms with Crippen molar-refractivity contribution in [3.8, 4) is 0 Å². The number of halogens is 2. The molecule has 2 nitrogen and oxygen atoms in total. The quantitative estimate of drug-likeness (QED) is 0.393. The van der Waals surface area contributed by atoms with Crippen molar-refractivity contribution in [1.29, 1.82) is 0 Å². The van der Waals surface area contributed by atoms with Crippen LogP contribution in [0, 0.1) is 5.82 Å². The van der Waals surface area contributed by atoms with Gasteiger partial charge in [0.1, 0.15) is 5.82 Å². The highest BCUT2D eigenvalue weighted by Crippen LogP contribution is 2.38. The predicted octanol–water partition coefficient (Wildman–Crippen LogP) is 6.72. The molecule has 1 heterocycles. The average molecular weight is 377 g/mol. The van der Waals surface area contributed by atoms with Crippen LogP contribution in [0.1, 0.15) is 30.0 Å². The van der Waals surface area contributed by atoms with Gasteiger partial charge in [-0.3, -0.25) is 5.10 Å². The number of nitrogens with zero attached hydrogens (tertiary/aromatic N) is 1. The Labute approximate surface area is 162 Å². The van der Waals surface area contributed by atoms with E-state index in [9.17, 15) is 4.39 Å². The molecule has 1 aromatic heterocycles. The van der Waals surface area contributed by atoms with Crippen molar-refractivity contribution in [3.63, 3.8) is 0 Å². The standard InChI is InChI=1S/C23H18ClFN2/c1-2-19(20-13-18(25)9-10-21(20)24)23(15-6-4-3-5-7-15)16-8-11-22-17(12-16)14-26-27-22/h3-14H,2H2,1H3,(H,26,27)/b23-19+. The highest BCUT2D eigenvalue weighted by Gasteiger charge is 2.16. The van der Waals surface area contributed by atoms with Gasteiger partial charge in [0.15, 0.2) is 0 Å². The molecule has 0 spiro atoms. The number of allylic oxidation sites excluding steroid dienone is 1. The number of hydrogen-bond acceptors (Lipinski definition) is 1. The van der Waals surface area contributed by atoms with E-state index in [1.165, 1.54) is 12.1 Å². The van der Waals surface area contributed by atoms with Gasteiger partial charge in [-0.1, -0.05) is 54.9 Å². The number of benzene rings is 3. The molecule has 0 fully saturated rings. The first-order valence-electron chi connectivity index (χ1n) is 8.85. The van der Waals surface area contributed by atoms with Gasteiger partial charge in [-0.05, 0) is 64.6 Å². The minimum absolute atomic E-state index is 0.293. The van der Waals surface area contributed by atoms with Crippen molar-refractivity contribution in [2.75, 3.05) is 0 Å². The second-order valence-electron chi connectivity index (χ2n) is 6.37. The molecule has 134 valence electrons. The minimum Gasteiger partial charge on any atom is -0.278 e. The Morgan fingerprint density at radius 1 is 1.00 bits per heavy atom. The van der Waals surface area contributed by atoms with Crippen LogP contribution in [0.15, 0.2) is 72.9 Å². The lowest BCUT2D eigenvalue weighted by Crippen LogP contribution is -1.96. The van der Waals surface area contributed by atoms with Crippen LogP contribution < -0.4 is 0 Å². The van der Waals surface area contributed by atoms with Crippen LogP contribution >= 0.6 is 11.6 Å². The summed E-state index contributed by atoms with van der Waals surface area (Å²) in [6.07, 6.45) is 2.53. The van der Waals surface area contributed by atoms with E-state index in [0.29, 0.717) is 5.02 Å². The van der Waals surface area contributed by atoms with Gasteiger partial charge < -0.3 is 0 Å². The van der Waals surface area contributed by atoms with Gasteiger partial charge in [0.2, 0.25) is 0 Å². The van der Waals surface area contributed by atoms with Gasteiger partial charge in [0.05, 0.1) is 11.7 Å². The molecule has 0 unspecified atom stereocenters. The van der Waals surface area contributed by atoms with E-state index in [4.69, 9.17) is 11.6 Å². The highest BCUT2D eigenvalue weighted by molar-refractivity contribution is 6.32. The molecule has 4 aromatic rings. The van der Waals surface area contributed by atoms with E-state index in [-0.39, 0.29) is 5.82 Å². The molecule has 0 atom stereocenters. The first-order chi connectivity index (χ1) is 13.2. The summed E-state index contributed by atoms with van der Waals surface area (Å²) in [5, 5.41) is 8.67. The second kappa shape index (κ2) is 7.37. The Hall–Kier alpha value is -2.91. The molecular weight excluding hydrogens is 359 g/mol. The molecule has 27 heavy (non-hydrogen) atoms. The largest absolute Gasteiger partial charge is 0.278 e. The molecule has 0 radical (unpaired) electrons. The summed E-state index contributed by atoms with van der Waals surface area (Å²) in [6.45, 7) is 2.07. The molecular formula is C23H18ClFN2. The molecule has 4 rings (SSSR count). The number of hydrogen-bond donors (Lipinski definition) is 1. The van der Waals surface area contributed by atoms with Crippen molar-refractivity contribution in [1.82, 2.24) is 10.2 Å². The number of fused-ring (bicyclic) bond motifs is 1. The van der Waals surface area contributed by atoms with Gasteiger partial charge in [-0.2, -0.15) is 5.10 Å². The molecule has 0 bridgehead atoms. The summed E-state index contributed by atoms with van der Waals surface area (Å²) in [4.78, 5) is 0. The van der Waals surface area contributed by atoms with E-state index in [1.807, 2.05) is 30.5 Å². The third-order valence-corrected chi connectivity index (χ3v) is 5.03. The van der Waals surface area contributed by atoms with Crippen LogP contribution in [0.25, 0.3) is 22.0 Å². The Bertz CT molecular complexity index is 1130. The third-order valence-electron chi connectivity index (χ3n) is 4.70. The molecule has 0 aliphatic rings. The number of aromatic amines is 1. The zero-order valence-electron chi connectivity index (χ0n) is 14.8. The van der Waals surface area contributed by atoms with Crippen molar-refractivity contribution >= 4 is 33.7 Å². The van der Waals surface area contributed by atoms with Crippen LogP contribution in [0.3, 0.4) is 0 Å². The number of H-pyrrole nitrogens is 1. The Morgan fingerprint density at radius 3 is 2.59 bits per heavy atom. The van der Waals surface area contributed by atoms with E-state index < -0.39 is 0 Å². The maximum Gasteiger partial charge on any atom is 0.123 e. The molecule has 0 aliphatic heterocycles. The Balaban J connectivity index is 2.04. The molecule has 0 aliphatic carbocycles. The van der Waals surface area contributed by atoms with Gasteiger partial charge in [0, 0.05) is 10.4 Å². The van der Waals surface area contributed by atoms with Gasteiger partial charge in [-0.25, -0.2) is 4.39 Å². The van der Waals surface area contributed by atoms with E-state index in [2.05, 4.69) is 41.4 Å². The Kier molecular flexibility index (Phi) is 4.78. The number of rotatable bonds is 4. The molecule has 0 saturated carbocycles. The maximum absolute atomic E-state index is 14.0. The average Bonchev–Trinajstić information content (AvgIpc) is 3.16. The lowest BCUT2D eigenvalue weighted by atomic mass is 9.88. The first kappa shape index (κ1) is 17.5. The summed E-state index contributed by atoms with van der Waals surface area (Å²) >= 11 is 6.45. The SMILES string of the molecule is CC/C(=C(/c1ccccc1)c1ccc2[nH]ncc2c1)c1cc(F)ccc1Cl. The van der Waals surface area contributed by atoms with Crippen LogP contribution in [-0.2, 0) is 0 Å². The fourth-order valence-electron chi connectivity index (χ4n) is 3.45. The number of aromatic nitrogens is 2. The summed E-state index contributed by atoms with van der Waals surface area (Å²) < 4.78 is 14.0. The number of nitrogens with one attached hydrogen (secondary N) is 1. The molecule has 0 amide bonds. The second-order valence-corrected chi connectivity index (χ2v) is 6.78. The topological polar surface area (TPSA) is 28.7 Å². The maximum atomic E-state index is 14.0. The van der Waals surface area contributed by atoms with Crippen molar-refractivity contribution in [3.05, 3.63) is 100 Å². The van der Waals surface area contributed by atoms with Gasteiger partial charge in [-0.15, -0.1) is 0 Å². The predicted molar refractivity (Wildman–Crippen MR) is 110 cm³/mol. The zero-order chi connectivity index (χ0) is 18.8. The van der Waals surface area contributed by atoms with Crippen LogP contribution in [-0.4, -0.2) is 10.2 Å². The molecule has 4 heteroatoms. The lowest BCUT2D eigenvalue weighted by molar-refractivity contribution is 0.627. The van der Waals surface area contributed by atoms with Crippen molar-refractivity contribution in [2.24, 2.45) is 0 Å². The molecule has 0 saturated heterocycles. The molecule has 3 aromatic carbocycles. The fraction of sp³-hybridized carbons (Fsp3) is 0.0870. The van der Waals surface area contributed by atoms with Crippen molar-refractivity contribution < 1.29 is 4.39 Å². The monoisotopic (exact) mass is 376 g/mol. The van der Waals surface area contributed by atoms with E-state index >= 15 is 0 Å². The normalized spacial score (nSPS) is 12.3. The highest BCUT2D eigenvalue weighted by atomic mass is 35.5. The minimum atomic E-state index is -0.293. The summed E-state index contributed by atoms with van der Waals surface area (Å²) in [7, 11) is 0. The zero-order valence-corrected chi connectivity index (χ0v) is 15.6. The first-order valence-corrected chi connectivity index (χ1v) is 9.22. The van der Waals surface area contributed by atoms with E-state index in [1.54, 1.807) is 6.07 Å². The summed E-state index contributed by atoms with van der Waals surface area (Å²) in [6, 6.07) is 20.8. The summed E-state index contributed by atoms with van der Waals surface area (Å²) in [5.41, 5.74) is 5.88. The van der Waals surface area contributed by atoms with Crippen molar-refractivity contribution in [2.45, 2.75) is 13.3 Å². The van der Waals surface area contributed by atoms with Crippen LogP contribution in [0.5, 0.6) is 0 Å². The van der Waals surface area contributed by atoms with Crippen LogP contribution in [0.2, 0.25) is 5.02 Å². The fourth-order valence-corrected chi connectivity index (χ4v) is 3.68. The van der Waals surface area contributed by atoms with E-state index in [0.717, 1.165) is 45.2 Å². The smallest absolute Gasteiger partial charge is 0.123 e.